The quantitative estimate of drug-likeness (QED) is 0.708. The third-order valence-electron chi connectivity index (χ3n) is 4.00. The molecule has 0 spiro atoms. The van der Waals surface area contributed by atoms with E-state index >= 15 is 0 Å². The Hall–Kier alpha value is -3.09. The summed E-state index contributed by atoms with van der Waals surface area (Å²) in [6.45, 7) is 1.65. The monoisotopic (exact) mass is 341 g/mol. The number of nitrogens with zero attached hydrogens (tertiary/aromatic N) is 1. The van der Waals surface area contributed by atoms with Crippen LogP contribution in [0, 0.1) is 0 Å². The predicted molar refractivity (Wildman–Crippen MR) is 93.5 cm³/mol. The molecule has 0 bridgehead atoms. The Labute approximate surface area is 143 Å². The Morgan fingerprint density at radius 3 is 2.68 bits per heavy atom. The number of carbonyl (C=O) groups is 1. The van der Waals surface area contributed by atoms with Gasteiger partial charge in [-0.1, -0.05) is 12.1 Å². The van der Waals surface area contributed by atoms with Crippen molar-refractivity contribution in [3.8, 4) is 0 Å². The number of furan rings is 1. The van der Waals surface area contributed by atoms with Gasteiger partial charge in [-0.15, -0.1) is 0 Å². The van der Waals surface area contributed by atoms with Crippen LogP contribution in [0.1, 0.15) is 19.1 Å². The van der Waals surface area contributed by atoms with Gasteiger partial charge < -0.3 is 9.73 Å². The number of aromatic nitrogens is 2. The van der Waals surface area contributed by atoms with E-state index in [0.717, 1.165) is 10.4 Å². The molecule has 0 aliphatic rings. The SMILES string of the molecule is C[C@H](CCc1ccco1)NC(=O)Cn1[nH]c(=O)c2ccccc2c1=O. The summed E-state index contributed by atoms with van der Waals surface area (Å²) in [5.74, 6) is 0.524. The number of fused-ring (bicyclic) bond motifs is 1. The molecule has 2 heterocycles. The number of benzene rings is 1. The van der Waals surface area contributed by atoms with Gasteiger partial charge in [0.2, 0.25) is 5.91 Å². The molecule has 3 aromatic rings. The summed E-state index contributed by atoms with van der Waals surface area (Å²) in [5, 5.41) is 5.89. The van der Waals surface area contributed by atoms with Gasteiger partial charge in [0.25, 0.3) is 11.1 Å². The topological polar surface area (TPSA) is 97.1 Å². The second-order valence-corrected chi connectivity index (χ2v) is 5.96. The molecule has 1 aromatic carbocycles. The predicted octanol–water partition coefficient (Wildman–Crippen LogP) is 1.42. The fraction of sp³-hybridized carbons (Fsp3) is 0.278. The molecule has 0 aliphatic heterocycles. The maximum absolute atomic E-state index is 12.4. The number of rotatable bonds is 6. The van der Waals surface area contributed by atoms with Gasteiger partial charge in [0.1, 0.15) is 12.3 Å². The van der Waals surface area contributed by atoms with E-state index < -0.39 is 11.1 Å². The second kappa shape index (κ2) is 7.21. The van der Waals surface area contributed by atoms with Gasteiger partial charge in [0, 0.05) is 12.5 Å². The molecule has 0 unspecified atom stereocenters. The number of aromatic amines is 1. The van der Waals surface area contributed by atoms with Crippen LogP contribution >= 0.6 is 0 Å². The summed E-state index contributed by atoms with van der Waals surface area (Å²) in [7, 11) is 0. The highest BCUT2D eigenvalue weighted by Crippen LogP contribution is 2.06. The smallest absolute Gasteiger partial charge is 0.273 e. The highest BCUT2D eigenvalue weighted by Gasteiger charge is 2.12. The largest absolute Gasteiger partial charge is 0.469 e. The summed E-state index contributed by atoms with van der Waals surface area (Å²) in [4.78, 5) is 36.6. The van der Waals surface area contributed by atoms with Gasteiger partial charge in [-0.05, 0) is 37.6 Å². The Morgan fingerprint density at radius 1 is 1.20 bits per heavy atom. The van der Waals surface area contributed by atoms with E-state index in [1.165, 1.54) is 0 Å². The zero-order chi connectivity index (χ0) is 17.8. The first-order valence-corrected chi connectivity index (χ1v) is 8.08. The zero-order valence-electron chi connectivity index (χ0n) is 13.8. The van der Waals surface area contributed by atoms with Crippen molar-refractivity contribution in [2.24, 2.45) is 0 Å². The molecular weight excluding hydrogens is 322 g/mol. The van der Waals surface area contributed by atoms with Crippen molar-refractivity contribution >= 4 is 16.7 Å². The van der Waals surface area contributed by atoms with E-state index in [0.29, 0.717) is 23.6 Å². The van der Waals surface area contributed by atoms with Crippen LogP contribution in [0.3, 0.4) is 0 Å². The average Bonchev–Trinajstić information content (AvgIpc) is 3.11. The first kappa shape index (κ1) is 16.8. The number of hydrogen-bond acceptors (Lipinski definition) is 4. The minimum absolute atomic E-state index is 0.0829. The fourth-order valence-corrected chi connectivity index (χ4v) is 2.71. The van der Waals surface area contributed by atoms with Crippen molar-refractivity contribution in [3.05, 3.63) is 69.1 Å². The molecule has 0 saturated carbocycles. The van der Waals surface area contributed by atoms with Gasteiger partial charge in [-0.3, -0.25) is 19.5 Å². The molecule has 0 saturated heterocycles. The molecule has 2 N–H and O–H groups in total. The van der Waals surface area contributed by atoms with E-state index in [1.54, 1.807) is 30.5 Å². The van der Waals surface area contributed by atoms with Gasteiger partial charge >= 0.3 is 0 Å². The number of amides is 1. The maximum Gasteiger partial charge on any atom is 0.273 e. The third-order valence-corrected chi connectivity index (χ3v) is 4.00. The second-order valence-electron chi connectivity index (χ2n) is 5.96. The Bertz CT molecular complexity index is 985. The standard InChI is InChI=1S/C18H19N3O4/c1-12(8-9-13-5-4-10-25-13)19-16(22)11-21-18(24)15-7-3-2-6-14(15)17(23)20-21/h2-7,10,12H,8-9,11H2,1H3,(H,19,22)(H,20,23)/t12-/m1/s1. The van der Waals surface area contributed by atoms with Crippen LogP contribution in [0.4, 0.5) is 0 Å². The lowest BCUT2D eigenvalue weighted by molar-refractivity contribution is -0.122. The maximum atomic E-state index is 12.4. The van der Waals surface area contributed by atoms with Gasteiger partial charge in [-0.2, -0.15) is 0 Å². The number of H-pyrrole nitrogens is 1. The molecule has 0 radical (unpaired) electrons. The van der Waals surface area contributed by atoms with Crippen LogP contribution in [-0.4, -0.2) is 21.7 Å². The van der Waals surface area contributed by atoms with Gasteiger partial charge in [0.15, 0.2) is 0 Å². The van der Waals surface area contributed by atoms with E-state index in [9.17, 15) is 14.4 Å². The zero-order valence-corrected chi connectivity index (χ0v) is 13.8. The van der Waals surface area contributed by atoms with Gasteiger partial charge in [0.05, 0.1) is 17.0 Å². The lowest BCUT2D eigenvalue weighted by Gasteiger charge is -2.14. The molecule has 3 rings (SSSR count). The van der Waals surface area contributed by atoms with Crippen molar-refractivity contribution in [1.82, 2.24) is 15.1 Å². The Morgan fingerprint density at radius 2 is 1.96 bits per heavy atom. The molecule has 1 atom stereocenters. The molecule has 130 valence electrons. The Kier molecular flexibility index (Phi) is 4.83. The molecule has 0 fully saturated rings. The Balaban J connectivity index is 1.66. The summed E-state index contributed by atoms with van der Waals surface area (Å²) in [6.07, 6.45) is 3.03. The van der Waals surface area contributed by atoms with Crippen molar-refractivity contribution in [3.63, 3.8) is 0 Å². The molecule has 2 aromatic heterocycles. The van der Waals surface area contributed by atoms with Crippen molar-refractivity contribution in [2.45, 2.75) is 32.4 Å². The molecule has 0 aliphatic carbocycles. The van der Waals surface area contributed by atoms with E-state index in [1.807, 2.05) is 19.1 Å². The van der Waals surface area contributed by atoms with Gasteiger partial charge in [-0.25, -0.2) is 4.68 Å². The highest BCUT2D eigenvalue weighted by molar-refractivity contribution is 5.81. The summed E-state index contributed by atoms with van der Waals surface area (Å²) >= 11 is 0. The average molecular weight is 341 g/mol. The normalized spacial score (nSPS) is 12.2. The summed E-state index contributed by atoms with van der Waals surface area (Å²) in [6, 6.07) is 10.2. The fourth-order valence-electron chi connectivity index (χ4n) is 2.71. The van der Waals surface area contributed by atoms with E-state index in [-0.39, 0.29) is 18.5 Å². The molecule has 1 amide bonds. The number of hydrogen-bond donors (Lipinski definition) is 2. The van der Waals surface area contributed by atoms with Crippen LogP contribution in [0.15, 0.2) is 56.7 Å². The van der Waals surface area contributed by atoms with Crippen LogP contribution in [0.25, 0.3) is 10.8 Å². The van der Waals surface area contributed by atoms with E-state index in [2.05, 4.69) is 10.4 Å². The lowest BCUT2D eigenvalue weighted by Crippen LogP contribution is -2.40. The van der Waals surface area contributed by atoms with Crippen LogP contribution in [-0.2, 0) is 17.8 Å². The first-order chi connectivity index (χ1) is 12.0. The van der Waals surface area contributed by atoms with Crippen LogP contribution in [0.2, 0.25) is 0 Å². The lowest BCUT2D eigenvalue weighted by atomic mass is 10.1. The first-order valence-electron chi connectivity index (χ1n) is 8.08. The molecule has 7 nitrogen and oxygen atoms in total. The molecule has 7 heteroatoms. The highest BCUT2D eigenvalue weighted by atomic mass is 16.3. The summed E-state index contributed by atoms with van der Waals surface area (Å²) < 4.78 is 6.30. The van der Waals surface area contributed by atoms with Crippen molar-refractivity contribution in [1.29, 1.82) is 0 Å². The molecule has 25 heavy (non-hydrogen) atoms. The minimum atomic E-state index is -0.395. The molecular formula is C18H19N3O4. The number of carbonyl (C=O) groups excluding carboxylic acids is 1. The van der Waals surface area contributed by atoms with Crippen molar-refractivity contribution < 1.29 is 9.21 Å². The van der Waals surface area contributed by atoms with Crippen LogP contribution in [0.5, 0.6) is 0 Å². The minimum Gasteiger partial charge on any atom is -0.469 e. The van der Waals surface area contributed by atoms with E-state index in [4.69, 9.17) is 4.42 Å². The van der Waals surface area contributed by atoms with Crippen LogP contribution < -0.4 is 16.4 Å². The third kappa shape index (κ3) is 3.88. The summed E-state index contributed by atoms with van der Waals surface area (Å²) in [5.41, 5.74) is -0.789. The number of nitrogens with one attached hydrogen (secondary N) is 2. The van der Waals surface area contributed by atoms with Crippen molar-refractivity contribution in [2.75, 3.05) is 0 Å². The number of aryl methyl sites for hydroxylation is 1.